The van der Waals surface area contributed by atoms with Gasteiger partial charge in [0.05, 0.1) is 5.54 Å². The minimum Gasteiger partial charge on any atom is -0.352 e. The molecule has 0 aromatic rings. The third-order valence-corrected chi connectivity index (χ3v) is 3.57. The Bertz CT molecular complexity index is 250. The van der Waals surface area contributed by atoms with E-state index in [2.05, 4.69) is 36.3 Å². The van der Waals surface area contributed by atoms with E-state index in [1.807, 2.05) is 20.8 Å². The van der Waals surface area contributed by atoms with E-state index in [4.69, 9.17) is 0 Å². The number of carbonyl (C=O) groups excluding carboxylic acids is 1. The van der Waals surface area contributed by atoms with Gasteiger partial charge in [-0.1, -0.05) is 20.8 Å². The van der Waals surface area contributed by atoms with Gasteiger partial charge in [-0.3, -0.25) is 4.79 Å². The van der Waals surface area contributed by atoms with Gasteiger partial charge in [0.25, 0.3) is 0 Å². The Morgan fingerprint density at radius 3 is 2.26 bits per heavy atom. The molecule has 0 aromatic carbocycles. The molecule has 19 heavy (non-hydrogen) atoms. The molecule has 0 heterocycles. The van der Waals surface area contributed by atoms with Crippen LogP contribution in [0.25, 0.3) is 0 Å². The smallest absolute Gasteiger partial charge is 0.239 e. The number of rotatable bonds is 10. The first kappa shape index (κ1) is 18.4. The Morgan fingerprint density at radius 1 is 1.21 bits per heavy atom. The Kier molecular flexibility index (Phi) is 9.02. The summed E-state index contributed by atoms with van der Waals surface area (Å²) < 4.78 is 0. The molecule has 0 aliphatic carbocycles. The van der Waals surface area contributed by atoms with Crippen molar-refractivity contribution < 1.29 is 4.79 Å². The van der Waals surface area contributed by atoms with E-state index in [0.717, 1.165) is 39.0 Å². The van der Waals surface area contributed by atoms with Crippen molar-refractivity contribution in [3.8, 4) is 0 Å². The first-order chi connectivity index (χ1) is 8.87. The summed E-state index contributed by atoms with van der Waals surface area (Å²) in [5.41, 5.74) is -0.484. The number of hydrogen-bond donors (Lipinski definition) is 2. The maximum atomic E-state index is 12.1. The lowest BCUT2D eigenvalue weighted by molar-refractivity contribution is -0.127. The summed E-state index contributed by atoms with van der Waals surface area (Å²) in [7, 11) is 0. The molecule has 0 aliphatic heterocycles. The molecule has 4 heteroatoms. The van der Waals surface area contributed by atoms with E-state index in [9.17, 15) is 4.79 Å². The Balaban J connectivity index is 3.97. The molecule has 0 fully saturated rings. The molecule has 4 nitrogen and oxygen atoms in total. The fourth-order valence-electron chi connectivity index (χ4n) is 2.16. The average molecular weight is 271 g/mol. The molecule has 0 saturated heterocycles. The zero-order chi connectivity index (χ0) is 14.9. The van der Waals surface area contributed by atoms with Gasteiger partial charge in [0.2, 0.25) is 5.91 Å². The highest BCUT2D eigenvalue weighted by Gasteiger charge is 2.26. The maximum absolute atomic E-state index is 12.1. The molecule has 0 radical (unpaired) electrons. The van der Waals surface area contributed by atoms with Crippen LogP contribution in [0, 0.1) is 0 Å². The van der Waals surface area contributed by atoms with E-state index < -0.39 is 5.54 Å². The molecule has 0 bridgehead atoms. The summed E-state index contributed by atoms with van der Waals surface area (Å²) in [5, 5.41) is 6.29. The van der Waals surface area contributed by atoms with Crippen molar-refractivity contribution in [2.45, 2.75) is 66.0 Å². The quantitative estimate of drug-likeness (QED) is 0.639. The summed E-state index contributed by atoms with van der Waals surface area (Å²) in [6.07, 6.45) is 2.16. The highest BCUT2D eigenvalue weighted by Crippen LogP contribution is 2.05. The molecule has 0 saturated carbocycles. The Morgan fingerprint density at radius 2 is 1.79 bits per heavy atom. The van der Waals surface area contributed by atoms with Gasteiger partial charge in [-0.25, -0.2) is 0 Å². The number of amides is 1. The minimum absolute atomic E-state index is 0.0877. The third kappa shape index (κ3) is 7.53. The predicted octanol–water partition coefficient (Wildman–Crippen LogP) is 2.00. The van der Waals surface area contributed by atoms with Crippen molar-refractivity contribution in [3.63, 3.8) is 0 Å². The molecular formula is C15H33N3O. The molecule has 0 rings (SSSR count). The van der Waals surface area contributed by atoms with Gasteiger partial charge >= 0.3 is 0 Å². The van der Waals surface area contributed by atoms with Crippen LogP contribution in [-0.4, -0.2) is 48.6 Å². The summed E-state index contributed by atoms with van der Waals surface area (Å²) in [4.78, 5) is 14.5. The SMILES string of the molecule is CCNC(C)(C)C(=O)NC(C)CCCN(CC)CC. The van der Waals surface area contributed by atoms with E-state index in [-0.39, 0.29) is 11.9 Å². The molecular weight excluding hydrogens is 238 g/mol. The highest BCUT2D eigenvalue weighted by molar-refractivity contribution is 5.85. The second kappa shape index (κ2) is 9.32. The largest absolute Gasteiger partial charge is 0.352 e. The van der Waals surface area contributed by atoms with Crippen LogP contribution >= 0.6 is 0 Å². The fraction of sp³-hybridized carbons (Fsp3) is 0.933. The molecule has 1 unspecified atom stereocenters. The summed E-state index contributed by atoms with van der Waals surface area (Å²) in [6.45, 7) is 16.4. The van der Waals surface area contributed by atoms with E-state index in [0.29, 0.717) is 0 Å². The van der Waals surface area contributed by atoms with Crippen molar-refractivity contribution in [1.82, 2.24) is 15.5 Å². The first-order valence-electron chi connectivity index (χ1n) is 7.65. The lowest BCUT2D eigenvalue weighted by Gasteiger charge is -2.27. The second-order valence-corrected chi connectivity index (χ2v) is 5.70. The Hall–Kier alpha value is -0.610. The number of likely N-dealkylation sites (N-methyl/N-ethyl adjacent to an activating group) is 1. The van der Waals surface area contributed by atoms with Gasteiger partial charge in [0, 0.05) is 6.04 Å². The van der Waals surface area contributed by atoms with E-state index in [1.54, 1.807) is 0 Å². The third-order valence-electron chi connectivity index (χ3n) is 3.57. The van der Waals surface area contributed by atoms with E-state index >= 15 is 0 Å². The Labute approximate surface area is 119 Å². The van der Waals surface area contributed by atoms with Crippen LogP contribution in [0.3, 0.4) is 0 Å². The first-order valence-corrected chi connectivity index (χ1v) is 7.65. The fourth-order valence-corrected chi connectivity index (χ4v) is 2.16. The van der Waals surface area contributed by atoms with Crippen LogP contribution in [0.2, 0.25) is 0 Å². The van der Waals surface area contributed by atoms with Gasteiger partial charge < -0.3 is 15.5 Å². The van der Waals surface area contributed by atoms with Gasteiger partial charge in [0.15, 0.2) is 0 Å². The van der Waals surface area contributed by atoms with Crippen LogP contribution in [-0.2, 0) is 4.79 Å². The van der Waals surface area contributed by atoms with Crippen molar-refractivity contribution in [2.24, 2.45) is 0 Å². The van der Waals surface area contributed by atoms with Crippen LogP contribution in [0.4, 0.5) is 0 Å². The summed E-state index contributed by atoms with van der Waals surface area (Å²) >= 11 is 0. The standard InChI is InChI=1S/C15H33N3O/c1-7-16-15(5,6)14(19)17-13(4)11-10-12-18(8-2)9-3/h13,16H,7-12H2,1-6H3,(H,17,19). The minimum atomic E-state index is -0.484. The summed E-state index contributed by atoms with van der Waals surface area (Å²) in [6, 6.07) is 0.237. The lowest BCUT2D eigenvalue weighted by Crippen LogP contribution is -2.54. The van der Waals surface area contributed by atoms with Gasteiger partial charge in [-0.05, 0) is 59.8 Å². The van der Waals surface area contributed by atoms with Crippen LogP contribution in [0.1, 0.15) is 54.4 Å². The monoisotopic (exact) mass is 271 g/mol. The zero-order valence-electron chi connectivity index (χ0n) is 13.7. The molecule has 1 atom stereocenters. The molecule has 2 N–H and O–H groups in total. The topological polar surface area (TPSA) is 44.4 Å². The molecule has 1 amide bonds. The van der Waals surface area contributed by atoms with Gasteiger partial charge in [-0.15, -0.1) is 0 Å². The maximum Gasteiger partial charge on any atom is 0.239 e. The van der Waals surface area contributed by atoms with Crippen molar-refractivity contribution in [2.75, 3.05) is 26.2 Å². The van der Waals surface area contributed by atoms with Crippen LogP contribution < -0.4 is 10.6 Å². The highest BCUT2D eigenvalue weighted by atomic mass is 16.2. The van der Waals surface area contributed by atoms with Crippen molar-refractivity contribution >= 4 is 5.91 Å². The molecule has 0 aromatic heterocycles. The number of hydrogen-bond acceptors (Lipinski definition) is 3. The normalized spacial score (nSPS) is 13.6. The van der Waals surface area contributed by atoms with Gasteiger partial charge in [0.1, 0.15) is 0 Å². The van der Waals surface area contributed by atoms with Crippen LogP contribution in [0.15, 0.2) is 0 Å². The second-order valence-electron chi connectivity index (χ2n) is 5.70. The van der Waals surface area contributed by atoms with Gasteiger partial charge in [-0.2, -0.15) is 0 Å². The number of nitrogens with zero attached hydrogens (tertiary/aromatic N) is 1. The zero-order valence-corrected chi connectivity index (χ0v) is 13.7. The number of nitrogens with one attached hydrogen (secondary N) is 2. The van der Waals surface area contributed by atoms with Crippen molar-refractivity contribution in [1.29, 1.82) is 0 Å². The number of carbonyl (C=O) groups is 1. The van der Waals surface area contributed by atoms with E-state index in [1.165, 1.54) is 0 Å². The predicted molar refractivity (Wildman–Crippen MR) is 82.4 cm³/mol. The molecule has 0 spiro atoms. The molecule has 0 aliphatic rings. The lowest BCUT2D eigenvalue weighted by atomic mass is 10.0. The average Bonchev–Trinajstić information content (AvgIpc) is 2.34. The van der Waals surface area contributed by atoms with Crippen molar-refractivity contribution in [3.05, 3.63) is 0 Å². The molecule has 114 valence electrons. The summed E-state index contributed by atoms with van der Waals surface area (Å²) in [5.74, 6) is 0.0877. The van der Waals surface area contributed by atoms with Crippen LogP contribution in [0.5, 0.6) is 0 Å².